The van der Waals surface area contributed by atoms with Crippen molar-refractivity contribution < 1.29 is 28.2 Å². The zero-order chi connectivity index (χ0) is 33.2. The number of rotatable bonds is 9. The first-order valence-electron chi connectivity index (χ1n) is 15.7. The van der Waals surface area contributed by atoms with Gasteiger partial charge in [0.15, 0.2) is 0 Å². The van der Waals surface area contributed by atoms with Crippen molar-refractivity contribution in [3.05, 3.63) is 106 Å². The predicted molar refractivity (Wildman–Crippen MR) is 185 cm³/mol. The number of nitrogens with one attached hydrogen (secondary N) is 1. The fourth-order valence-corrected chi connectivity index (χ4v) is 6.38. The van der Waals surface area contributed by atoms with Crippen LogP contribution in [0.1, 0.15) is 78.3 Å². The van der Waals surface area contributed by atoms with Gasteiger partial charge in [-0.05, 0) is 98.0 Å². The Bertz CT molecular complexity index is 1990. The first kappa shape index (κ1) is 34.9. The van der Waals surface area contributed by atoms with Gasteiger partial charge in [-0.3, -0.25) is 4.79 Å². The summed E-state index contributed by atoms with van der Waals surface area (Å²) in [6, 6.07) is 19.0. The van der Waals surface area contributed by atoms with Crippen molar-refractivity contribution in [2.75, 3.05) is 0 Å². The maximum atomic E-state index is 15.9. The Morgan fingerprint density at radius 2 is 1.67 bits per heavy atom. The summed E-state index contributed by atoms with van der Waals surface area (Å²) in [4.78, 5) is 29.2. The van der Waals surface area contributed by atoms with Gasteiger partial charge >= 0.3 is 5.97 Å². The van der Waals surface area contributed by atoms with Gasteiger partial charge < -0.3 is 19.7 Å². The van der Waals surface area contributed by atoms with Crippen LogP contribution in [0, 0.1) is 11.6 Å². The lowest BCUT2D eigenvalue weighted by atomic mass is 9.94. The van der Waals surface area contributed by atoms with Crippen molar-refractivity contribution in [3.8, 4) is 28.3 Å². The van der Waals surface area contributed by atoms with E-state index in [0.717, 1.165) is 37.6 Å². The molecule has 1 aliphatic rings. The summed E-state index contributed by atoms with van der Waals surface area (Å²) in [5, 5.41) is 12.4. The van der Waals surface area contributed by atoms with E-state index in [2.05, 4.69) is 5.32 Å². The second kappa shape index (κ2) is 14.7. The molecule has 6 rings (SSSR count). The van der Waals surface area contributed by atoms with E-state index < -0.39 is 17.6 Å². The summed E-state index contributed by atoms with van der Waals surface area (Å²) in [6.45, 7) is 3.73. The quantitative estimate of drug-likeness (QED) is 0.160. The van der Waals surface area contributed by atoms with Gasteiger partial charge in [0, 0.05) is 23.7 Å². The lowest BCUT2D eigenvalue weighted by molar-refractivity contribution is 0.0696. The second-order valence-electron chi connectivity index (χ2n) is 12.2. The Morgan fingerprint density at radius 1 is 0.938 bits per heavy atom. The lowest BCUT2D eigenvalue weighted by Crippen LogP contribution is -2.30. The highest BCUT2D eigenvalue weighted by Gasteiger charge is 2.25. The fourth-order valence-electron chi connectivity index (χ4n) is 6.20. The maximum absolute atomic E-state index is 15.9. The number of ether oxygens (including phenoxy) is 1. The van der Waals surface area contributed by atoms with Crippen molar-refractivity contribution in [1.82, 2.24) is 14.9 Å². The van der Waals surface area contributed by atoms with Crippen LogP contribution >= 0.6 is 24.0 Å². The molecule has 0 atom stereocenters. The Balaban J connectivity index is 0.00000451. The van der Waals surface area contributed by atoms with Crippen molar-refractivity contribution in [1.29, 1.82) is 0 Å². The summed E-state index contributed by atoms with van der Waals surface area (Å²) < 4.78 is 38.0. The molecule has 0 aliphatic heterocycles. The van der Waals surface area contributed by atoms with Crippen molar-refractivity contribution in [2.24, 2.45) is 0 Å². The first-order chi connectivity index (χ1) is 22.6. The fraction of sp³-hybridized carbons (Fsp3) is 0.270. The van der Waals surface area contributed by atoms with Crippen LogP contribution in [-0.4, -0.2) is 32.6 Å². The Labute approximate surface area is 288 Å². The number of aromatic carboxylic acids is 1. The molecular formula is C37H35Cl2F2N3O4. The Kier molecular flexibility index (Phi) is 10.7. The molecule has 48 heavy (non-hydrogen) atoms. The van der Waals surface area contributed by atoms with Gasteiger partial charge in [0.25, 0.3) is 5.91 Å². The number of aromatic nitrogens is 2. The topological polar surface area (TPSA) is 93.4 Å². The average molecular weight is 695 g/mol. The van der Waals surface area contributed by atoms with E-state index in [0.29, 0.717) is 33.6 Å². The minimum absolute atomic E-state index is 0. The van der Waals surface area contributed by atoms with Crippen LogP contribution in [-0.2, 0) is 6.61 Å². The highest BCUT2D eigenvalue weighted by atomic mass is 35.5. The number of carboxylic acids is 1. The molecule has 0 spiro atoms. The molecule has 1 heterocycles. The monoisotopic (exact) mass is 693 g/mol. The molecule has 4 aromatic carbocycles. The van der Waals surface area contributed by atoms with Crippen LogP contribution in [0.5, 0.6) is 5.75 Å². The molecule has 1 fully saturated rings. The molecule has 0 bridgehead atoms. The van der Waals surface area contributed by atoms with Crippen LogP contribution in [0.25, 0.3) is 33.5 Å². The van der Waals surface area contributed by atoms with Crippen LogP contribution in [0.3, 0.4) is 0 Å². The molecule has 1 aromatic heterocycles. The molecule has 7 nitrogen and oxygen atoms in total. The largest absolute Gasteiger partial charge is 0.489 e. The Hall–Kier alpha value is -4.47. The minimum atomic E-state index is -1.05. The molecule has 0 saturated heterocycles. The standard InChI is InChI=1S/C37H34ClF2N3O4.ClH/c1-21(2)41-36(44)23-8-12-28(22-9-14-31(39)30(38)17-22)25(16-23)20-47-27-11-13-29(32(40)19-27)35-42-33-18-24(37(45)46)10-15-34(33)43(35)26-6-4-3-5-7-26;/h8-19,21,26H,3-7,20H2,1-2H3,(H,41,44)(H,45,46);1H. The number of amides is 1. The summed E-state index contributed by atoms with van der Waals surface area (Å²) in [6.07, 6.45) is 5.11. The van der Waals surface area contributed by atoms with Crippen LogP contribution in [0.15, 0.2) is 72.8 Å². The minimum Gasteiger partial charge on any atom is -0.489 e. The highest BCUT2D eigenvalue weighted by Crippen LogP contribution is 2.38. The van der Waals surface area contributed by atoms with E-state index in [4.69, 9.17) is 21.3 Å². The van der Waals surface area contributed by atoms with Gasteiger partial charge in [-0.2, -0.15) is 0 Å². The van der Waals surface area contributed by atoms with Crippen molar-refractivity contribution in [3.63, 3.8) is 0 Å². The third kappa shape index (κ3) is 7.32. The maximum Gasteiger partial charge on any atom is 0.335 e. The SMILES string of the molecule is CC(C)NC(=O)c1ccc(-c2ccc(F)c(Cl)c2)c(COc2ccc(-c3nc4cc(C(=O)O)ccc4n3C3CCCCC3)c(F)c2)c1.Cl. The Morgan fingerprint density at radius 3 is 2.35 bits per heavy atom. The summed E-state index contributed by atoms with van der Waals surface area (Å²) in [7, 11) is 0. The predicted octanol–water partition coefficient (Wildman–Crippen LogP) is 9.64. The molecule has 0 radical (unpaired) electrons. The third-order valence-electron chi connectivity index (χ3n) is 8.47. The van der Waals surface area contributed by atoms with Crippen molar-refractivity contribution in [2.45, 2.75) is 64.6 Å². The molecule has 1 aliphatic carbocycles. The highest BCUT2D eigenvalue weighted by molar-refractivity contribution is 6.31. The number of imidazole rings is 1. The molecule has 0 unspecified atom stereocenters. The van der Waals surface area contributed by atoms with E-state index in [-0.39, 0.29) is 58.9 Å². The smallest absolute Gasteiger partial charge is 0.335 e. The number of fused-ring (bicyclic) bond motifs is 1. The van der Waals surface area contributed by atoms with E-state index in [1.54, 1.807) is 48.5 Å². The molecular weight excluding hydrogens is 659 g/mol. The van der Waals surface area contributed by atoms with Gasteiger partial charge in [-0.1, -0.05) is 43.0 Å². The summed E-state index contributed by atoms with van der Waals surface area (Å²) >= 11 is 6.07. The number of benzene rings is 4. The number of halogens is 4. The molecule has 1 saturated carbocycles. The number of nitrogens with zero attached hydrogens (tertiary/aromatic N) is 2. The lowest BCUT2D eigenvalue weighted by Gasteiger charge is -2.25. The van der Waals surface area contributed by atoms with Gasteiger partial charge in [0.1, 0.15) is 29.8 Å². The third-order valence-corrected chi connectivity index (χ3v) is 8.76. The second-order valence-corrected chi connectivity index (χ2v) is 12.6. The van der Waals surface area contributed by atoms with Gasteiger partial charge in [-0.15, -0.1) is 12.4 Å². The van der Waals surface area contributed by atoms with Gasteiger partial charge in [0.2, 0.25) is 0 Å². The van der Waals surface area contributed by atoms with Crippen LogP contribution < -0.4 is 10.1 Å². The molecule has 5 aromatic rings. The van der Waals surface area contributed by atoms with E-state index in [1.807, 2.05) is 18.4 Å². The summed E-state index contributed by atoms with van der Waals surface area (Å²) in [5.41, 5.74) is 4.04. The van der Waals surface area contributed by atoms with Crippen molar-refractivity contribution >= 4 is 46.9 Å². The molecule has 250 valence electrons. The molecule has 2 N–H and O–H groups in total. The number of hydrogen-bond donors (Lipinski definition) is 2. The van der Waals surface area contributed by atoms with Gasteiger partial charge in [0.05, 0.1) is 27.2 Å². The number of carbonyl (C=O) groups excluding carboxylic acids is 1. The van der Waals surface area contributed by atoms with E-state index in [1.165, 1.54) is 24.3 Å². The molecule has 11 heteroatoms. The molecule has 1 amide bonds. The van der Waals surface area contributed by atoms with E-state index >= 15 is 4.39 Å². The summed E-state index contributed by atoms with van der Waals surface area (Å²) in [5.74, 6) is -1.68. The van der Waals surface area contributed by atoms with Crippen LogP contribution in [0.2, 0.25) is 5.02 Å². The van der Waals surface area contributed by atoms with Crippen LogP contribution in [0.4, 0.5) is 8.78 Å². The normalized spacial score (nSPS) is 13.4. The van der Waals surface area contributed by atoms with E-state index in [9.17, 15) is 19.1 Å². The van der Waals surface area contributed by atoms with Gasteiger partial charge in [-0.25, -0.2) is 18.6 Å². The first-order valence-corrected chi connectivity index (χ1v) is 16.0. The number of hydrogen-bond acceptors (Lipinski definition) is 4. The number of carbonyl (C=O) groups is 2. The average Bonchev–Trinajstić information content (AvgIpc) is 3.43. The zero-order valence-electron chi connectivity index (χ0n) is 26.4. The zero-order valence-corrected chi connectivity index (χ0v) is 28.0. The number of carboxylic acid groups (broad SMARTS) is 1.